The normalized spacial score (nSPS) is 12.9. The van der Waals surface area contributed by atoms with E-state index < -0.39 is 11.8 Å². The first kappa shape index (κ1) is 17.5. The highest BCUT2D eigenvalue weighted by Gasteiger charge is 2.34. The maximum atomic E-state index is 12.5. The molecule has 0 bridgehead atoms. The Morgan fingerprint density at radius 1 is 1.12 bits per heavy atom. The number of ether oxygens (including phenoxy) is 1. The molecule has 0 heterocycles. The zero-order valence-electron chi connectivity index (χ0n) is 13.6. The summed E-state index contributed by atoms with van der Waals surface area (Å²) in [7, 11) is 3.09. The van der Waals surface area contributed by atoms with Gasteiger partial charge in [0.2, 0.25) is 12.5 Å². The van der Waals surface area contributed by atoms with Crippen molar-refractivity contribution in [3.8, 4) is 5.75 Å². The van der Waals surface area contributed by atoms with Gasteiger partial charge in [-0.1, -0.05) is 42.5 Å². The minimum Gasteiger partial charge on any atom is -0.497 e. The van der Waals surface area contributed by atoms with E-state index in [1.54, 1.807) is 31.4 Å². The van der Waals surface area contributed by atoms with E-state index in [0.29, 0.717) is 5.75 Å². The average molecular weight is 328 g/mol. The van der Waals surface area contributed by atoms with Gasteiger partial charge in [0.05, 0.1) is 18.9 Å². The molecule has 0 spiro atoms. The van der Waals surface area contributed by atoms with Gasteiger partial charge in [-0.2, -0.15) is 0 Å². The first-order valence-corrected chi connectivity index (χ1v) is 7.59. The molecule has 0 aliphatic carbocycles. The van der Waals surface area contributed by atoms with Crippen LogP contribution < -0.4 is 10.1 Å². The second-order valence-electron chi connectivity index (χ2n) is 5.40. The minimum atomic E-state index is -0.644. The predicted molar refractivity (Wildman–Crippen MR) is 90.8 cm³/mol. The smallest absolute Gasteiger partial charge is 0.228 e. The van der Waals surface area contributed by atoms with Gasteiger partial charge in [0.1, 0.15) is 5.75 Å². The second-order valence-corrected chi connectivity index (χ2v) is 5.40. The SMILES string of the molecule is CNC(=O)[C@@H](c1ccccc1)[C@H](C[N+](=O)[O-])c1ccc(OC)cc1. The van der Waals surface area contributed by atoms with E-state index in [-0.39, 0.29) is 17.4 Å². The fraction of sp³-hybridized carbons (Fsp3) is 0.278. The van der Waals surface area contributed by atoms with E-state index in [0.717, 1.165) is 11.1 Å². The molecule has 1 N–H and O–H groups in total. The fourth-order valence-corrected chi connectivity index (χ4v) is 2.80. The molecule has 0 saturated carbocycles. The summed E-state index contributed by atoms with van der Waals surface area (Å²) < 4.78 is 5.13. The molecule has 0 fully saturated rings. The number of amides is 1. The van der Waals surface area contributed by atoms with Crippen LogP contribution in [0.3, 0.4) is 0 Å². The van der Waals surface area contributed by atoms with Crippen LogP contribution in [0.15, 0.2) is 54.6 Å². The van der Waals surface area contributed by atoms with Crippen molar-refractivity contribution in [1.29, 1.82) is 0 Å². The molecular formula is C18H20N2O4. The predicted octanol–water partition coefficient (Wildman–Crippen LogP) is 2.59. The number of methoxy groups -OCH3 is 1. The van der Waals surface area contributed by atoms with Gasteiger partial charge in [-0.25, -0.2) is 0 Å². The van der Waals surface area contributed by atoms with Gasteiger partial charge in [-0.05, 0) is 23.3 Å². The van der Waals surface area contributed by atoms with E-state index in [9.17, 15) is 14.9 Å². The van der Waals surface area contributed by atoms with Crippen molar-refractivity contribution in [3.63, 3.8) is 0 Å². The van der Waals surface area contributed by atoms with Gasteiger partial charge in [-0.3, -0.25) is 14.9 Å². The van der Waals surface area contributed by atoms with Crippen LogP contribution in [0.5, 0.6) is 5.75 Å². The highest BCUT2D eigenvalue weighted by molar-refractivity contribution is 5.84. The largest absolute Gasteiger partial charge is 0.497 e. The second kappa shape index (κ2) is 8.10. The Labute approximate surface area is 140 Å². The van der Waals surface area contributed by atoms with E-state index in [4.69, 9.17) is 4.74 Å². The minimum absolute atomic E-state index is 0.246. The topological polar surface area (TPSA) is 81.5 Å². The molecule has 6 heteroatoms. The van der Waals surface area contributed by atoms with Crippen LogP contribution in [-0.2, 0) is 4.79 Å². The highest BCUT2D eigenvalue weighted by Crippen LogP contribution is 2.34. The van der Waals surface area contributed by atoms with Gasteiger partial charge < -0.3 is 10.1 Å². The van der Waals surface area contributed by atoms with Crippen LogP contribution >= 0.6 is 0 Å². The molecule has 6 nitrogen and oxygen atoms in total. The summed E-state index contributed by atoms with van der Waals surface area (Å²) in [5.41, 5.74) is 1.48. The maximum absolute atomic E-state index is 12.5. The average Bonchev–Trinajstić information content (AvgIpc) is 2.61. The van der Waals surface area contributed by atoms with Crippen molar-refractivity contribution in [2.75, 3.05) is 20.7 Å². The van der Waals surface area contributed by atoms with E-state index in [1.807, 2.05) is 30.3 Å². The fourth-order valence-electron chi connectivity index (χ4n) is 2.80. The lowest BCUT2D eigenvalue weighted by molar-refractivity contribution is -0.483. The Balaban J connectivity index is 2.48. The lowest BCUT2D eigenvalue weighted by Crippen LogP contribution is -2.33. The number of rotatable bonds is 7. The van der Waals surface area contributed by atoms with Crippen LogP contribution in [0, 0.1) is 10.1 Å². The van der Waals surface area contributed by atoms with Gasteiger partial charge in [0.15, 0.2) is 0 Å². The highest BCUT2D eigenvalue weighted by atomic mass is 16.6. The van der Waals surface area contributed by atoms with E-state index >= 15 is 0 Å². The Morgan fingerprint density at radius 3 is 2.25 bits per heavy atom. The molecule has 0 aliphatic rings. The number of benzene rings is 2. The molecule has 0 aromatic heterocycles. The van der Waals surface area contributed by atoms with Gasteiger partial charge >= 0.3 is 0 Å². The molecule has 0 radical (unpaired) electrons. The number of carbonyl (C=O) groups is 1. The third-order valence-electron chi connectivity index (χ3n) is 3.98. The number of nitro groups is 1. The summed E-state index contributed by atoms with van der Waals surface area (Å²) >= 11 is 0. The molecule has 126 valence electrons. The first-order valence-electron chi connectivity index (χ1n) is 7.59. The molecular weight excluding hydrogens is 308 g/mol. The van der Waals surface area contributed by atoms with Crippen molar-refractivity contribution in [3.05, 3.63) is 75.8 Å². The summed E-state index contributed by atoms with van der Waals surface area (Å²) in [5, 5.41) is 13.8. The Morgan fingerprint density at radius 2 is 1.75 bits per heavy atom. The van der Waals surface area contributed by atoms with Crippen molar-refractivity contribution < 1.29 is 14.5 Å². The molecule has 2 aromatic rings. The monoisotopic (exact) mass is 328 g/mol. The molecule has 24 heavy (non-hydrogen) atoms. The standard InChI is InChI=1S/C18H20N2O4/c1-19-18(21)17(14-6-4-3-5-7-14)16(12-20(22)23)13-8-10-15(24-2)11-9-13/h3-11,16-17H,12H2,1-2H3,(H,19,21)/t16-,17+/m1/s1. The molecule has 2 aromatic carbocycles. The number of nitrogens with zero attached hydrogens (tertiary/aromatic N) is 1. The molecule has 2 rings (SSSR count). The number of nitrogens with one attached hydrogen (secondary N) is 1. The van der Waals surface area contributed by atoms with E-state index in [1.165, 1.54) is 7.05 Å². The van der Waals surface area contributed by atoms with Crippen molar-refractivity contribution in [2.45, 2.75) is 11.8 Å². The number of hydrogen-bond acceptors (Lipinski definition) is 4. The Hall–Kier alpha value is -2.89. The Kier molecular flexibility index (Phi) is 5.89. The van der Waals surface area contributed by atoms with Crippen LogP contribution in [0.1, 0.15) is 23.0 Å². The third-order valence-corrected chi connectivity index (χ3v) is 3.98. The number of carbonyl (C=O) groups excluding carboxylic acids is 1. The quantitative estimate of drug-likeness (QED) is 0.625. The van der Waals surface area contributed by atoms with Crippen LogP contribution in [0.4, 0.5) is 0 Å². The zero-order valence-corrected chi connectivity index (χ0v) is 13.6. The summed E-state index contributed by atoms with van der Waals surface area (Å²) in [6.07, 6.45) is 0. The zero-order chi connectivity index (χ0) is 17.5. The number of hydrogen-bond donors (Lipinski definition) is 1. The molecule has 0 unspecified atom stereocenters. The van der Waals surface area contributed by atoms with Crippen molar-refractivity contribution in [2.24, 2.45) is 0 Å². The van der Waals surface area contributed by atoms with Crippen LogP contribution in [-0.4, -0.2) is 31.5 Å². The summed E-state index contributed by atoms with van der Waals surface area (Å²) in [5.74, 6) is -0.804. The lowest BCUT2D eigenvalue weighted by Gasteiger charge is -2.24. The van der Waals surface area contributed by atoms with Gasteiger partial charge in [0, 0.05) is 12.0 Å². The van der Waals surface area contributed by atoms with Crippen LogP contribution in [0.2, 0.25) is 0 Å². The first-order chi connectivity index (χ1) is 11.6. The maximum Gasteiger partial charge on any atom is 0.228 e. The molecule has 0 saturated heterocycles. The summed E-state index contributed by atoms with van der Waals surface area (Å²) in [4.78, 5) is 23.3. The lowest BCUT2D eigenvalue weighted by atomic mass is 9.80. The van der Waals surface area contributed by atoms with E-state index in [2.05, 4.69) is 5.32 Å². The Bertz CT molecular complexity index is 686. The van der Waals surface area contributed by atoms with Gasteiger partial charge in [0.25, 0.3) is 0 Å². The third kappa shape index (κ3) is 4.10. The van der Waals surface area contributed by atoms with Crippen molar-refractivity contribution >= 4 is 5.91 Å². The summed E-state index contributed by atoms with van der Waals surface area (Å²) in [6, 6.07) is 16.2. The summed E-state index contributed by atoms with van der Waals surface area (Å²) in [6.45, 7) is -0.334. The van der Waals surface area contributed by atoms with Crippen molar-refractivity contribution in [1.82, 2.24) is 5.32 Å². The molecule has 2 atom stereocenters. The van der Waals surface area contributed by atoms with Crippen LogP contribution in [0.25, 0.3) is 0 Å². The molecule has 0 aliphatic heterocycles. The van der Waals surface area contributed by atoms with Gasteiger partial charge in [-0.15, -0.1) is 0 Å². The number of likely N-dealkylation sites (N-methyl/N-ethyl adjacent to an activating group) is 1. The molecule has 1 amide bonds.